The van der Waals surface area contributed by atoms with Crippen LogP contribution in [0.4, 0.5) is 5.69 Å². The smallest absolute Gasteiger partial charge is 0.362 e. The number of carbonyl (C=O) groups excluding carboxylic acids is 1. The summed E-state index contributed by atoms with van der Waals surface area (Å²) in [5.74, 6) is -1.06. The second-order valence-electron chi connectivity index (χ2n) is 3.48. The molecule has 0 aromatic heterocycles. The summed E-state index contributed by atoms with van der Waals surface area (Å²) in [6.45, 7) is 3.12. The summed E-state index contributed by atoms with van der Waals surface area (Å²) >= 11 is 0. The summed E-state index contributed by atoms with van der Waals surface area (Å²) < 4.78 is 4.73. The first kappa shape index (κ1) is 14.4. The Bertz CT molecular complexity index is 567. The van der Waals surface area contributed by atoms with E-state index >= 15 is 0 Å². The zero-order chi connectivity index (χ0) is 14.3. The highest BCUT2D eigenvalue weighted by Gasteiger charge is 2.14. The van der Waals surface area contributed by atoms with Crippen LogP contribution in [0.25, 0.3) is 0 Å². The molecule has 0 spiro atoms. The van der Waals surface area contributed by atoms with Gasteiger partial charge in [0.05, 0.1) is 12.2 Å². The predicted octanol–water partition coefficient (Wildman–Crippen LogP) is 2.99. The molecule has 1 N–H and O–H groups in total. The first-order chi connectivity index (χ1) is 9.10. The van der Waals surface area contributed by atoms with Crippen LogP contribution in [0.5, 0.6) is 0 Å². The second-order valence-corrected chi connectivity index (χ2v) is 3.48. The van der Waals surface area contributed by atoms with Gasteiger partial charge in [0, 0.05) is 0 Å². The Morgan fingerprint density at radius 1 is 1.47 bits per heavy atom. The van der Waals surface area contributed by atoms with E-state index in [0.717, 1.165) is 0 Å². The number of benzene rings is 1. The van der Waals surface area contributed by atoms with Crippen LogP contribution in [-0.2, 0) is 9.53 Å². The molecule has 19 heavy (non-hydrogen) atoms. The number of azo groups is 1. The highest BCUT2D eigenvalue weighted by atomic mass is 16.5. The van der Waals surface area contributed by atoms with E-state index in [1.165, 1.54) is 6.92 Å². The number of allylic oxidation sites excluding steroid dienone is 1. The monoisotopic (exact) mass is 259 g/mol. The molecule has 1 aromatic rings. The number of hydrogen-bond donors (Lipinski definition) is 1. The van der Waals surface area contributed by atoms with E-state index in [1.54, 1.807) is 31.2 Å². The van der Waals surface area contributed by atoms with Crippen molar-refractivity contribution in [3.8, 4) is 6.07 Å². The highest BCUT2D eigenvalue weighted by molar-refractivity contribution is 5.88. The SMILES string of the molecule is CCOC(=O)C(N=Nc1ccccc1C#N)=C(C)O. The number of esters is 1. The van der Waals surface area contributed by atoms with Gasteiger partial charge in [-0.2, -0.15) is 5.26 Å². The molecule has 0 fully saturated rings. The third kappa shape index (κ3) is 3.92. The molecule has 0 aliphatic rings. The van der Waals surface area contributed by atoms with Gasteiger partial charge >= 0.3 is 5.97 Å². The fourth-order valence-corrected chi connectivity index (χ4v) is 1.22. The van der Waals surface area contributed by atoms with Gasteiger partial charge in [0.2, 0.25) is 5.70 Å². The minimum absolute atomic E-state index is 0.167. The normalized spacial score (nSPS) is 11.8. The molecule has 0 aliphatic carbocycles. The zero-order valence-electron chi connectivity index (χ0n) is 10.6. The molecule has 6 nitrogen and oxygen atoms in total. The van der Waals surface area contributed by atoms with Crippen molar-refractivity contribution in [3.63, 3.8) is 0 Å². The lowest BCUT2D eigenvalue weighted by molar-refractivity contribution is -0.138. The van der Waals surface area contributed by atoms with Crippen LogP contribution in [0.1, 0.15) is 19.4 Å². The summed E-state index contributed by atoms with van der Waals surface area (Å²) in [4.78, 5) is 11.5. The number of aliphatic hydroxyl groups excluding tert-OH is 1. The van der Waals surface area contributed by atoms with E-state index in [1.807, 2.05) is 6.07 Å². The van der Waals surface area contributed by atoms with Crippen molar-refractivity contribution in [2.24, 2.45) is 10.2 Å². The molecule has 0 bridgehead atoms. The van der Waals surface area contributed by atoms with E-state index in [-0.39, 0.29) is 18.1 Å². The van der Waals surface area contributed by atoms with Gasteiger partial charge in [0.1, 0.15) is 17.5 Å². The Hall–Kier alpha value is -2.68. The number of nitrogens with zero attached hydrogens (tertiary/aromatic N) is 3. The van der Waals surface area contributed by atoms with Crippen molar-refractivity contribution < 1.29 is 14.6 Å². The standard InChI is InChI=1S/C13H13N3O3/c1-3-19-13(18)12(9(2)17)16-15-11-7-5-4-6-10(11)8-14/h4-7,17H,3H2,1-2H3. The Morgan fingerprint density at radius 3 is 2.74 bits per heavy atom. The van der Waals surface area contributed by atoms with Crippen LogP contribution in [-0.4, -0.2) is 17.7 Å². The van der Waals surface area contributed by atoms with E-state index in [4.69, 9.17) is 10.00 Å². The predicted molar refractivity (Wildman–Crippen MR) is 67.6 cm³/mol. The summed E-state index contributed by atoms with van der Waals surface area (Å²) in [7, 11) is 0. The maximum Gasteiger partial charge on any atom is 0.362 e. The van der Waals surface area contributed by atoms with Gasteiger partial charge in [-0.25, -0.2) is 4.79 Å². The van der Waals surface area contributed by atoms with Crippen LogP contribution in [0.15, 0.2) is 46.0 Å². The minimum atomic E-state index is -0.763. The molecule has 0 amide bonds. The van der Waals surface area contributed by atoms with E-state index in [0.29, 0.717) is 11.3 Å². The number of ether oxygens (including phenoxy) is 1. The largest absolute Gasteiger partial charge is 0.510 e. The lowest BCUT2D eigenvalue weighted by Gasteiger charge is -2.02. The quantitative estimate of drug-likeness (QED) is 0.389. The lowest BCUT2D eigenvalue weighted by Crippen LogP contribution is -2.07. The zero-order valence-corrected chi connectivity index (χ0v) is 10.6. The molecule has 0 saturated carbocycles. The van der Waals surface area contributed by atoms with E-state index in [9.17, 15) is 9.90 Å². The van der Waals surface area contributed by atoms with Gasteiger partial charge in [0.25, 0.3) is 0 Å². The minimum Gasteiger partial charge on any atom is -0.510 e. The van der Waals surface area contributed by atoms with Crippen molar-refractivity contribution in [2.75, 3.05) is 6.61 Å². The molecule has 1 aromatic carbocycles. The first-order valence-corrected chi connectivity index (χ1v) is 5.58. The van der Waals surface area contributed by atoms with Gasteiger partial charge in [-0.3, -0.25) is 0 Å². The highest BCUT2D eigenvalue weighted by Crippen LogP contribution is 2.19. The molecular formula is C13H13N3O3. The fourth-order valence-electron chi connectivity index (χ4n) is 1.22. The van der Waals surface area contributed by atoms with E-state index < -0.39 is 5.97 Å². The second kappa shape index (κ2) is 6.91. The Morgan fingerprint density at radius 2 is 2.16 bits per heavy atom. The Labute approximate surface area is 110 Å². The van der Waals surface area contributed by atoms with Gasteiger partial charge < -0.3 is 9.84 Å². The van der Waals surface area contributed by atoms with Gasteiger partial charge in [0.15, 0.2) is 0 Å². The third-order valence-corrected chi connectivity index (χ3v) is 2.09. The van der Waals surface area contributed by atoms with Crippen LogP contribution < -0.4 is 0 Å². The molecule has 6 heteroatoms. The van der Waals surface area contributed by atoms with Crippen molar-refractivity contribution in [2.45, 2.75) is 13.8 Å². The Kier molecular flexibility index (Phi) is 5.23. The van der Waals surface area contributed by atoms with Crippen LogP contribution >= 0.6 is 0 Å². The third-order valence-electron chi connectivity index (χ3n) is 2.09. The van der Waals surface area contributed by atoms with E-state index in [2.05, 4.69) is 10.2 Å². The average Bonchev–Trinajstić information content (AvgIpc) is 2.39. The number of nitriles is 1. The summed E-state index contributed by atoms with van der Waals surface area (Å²) in [6, 6.07) is 8.49. The fraction of sp³-hybridized carbons (Fsp3) is 0.231. The number of aliphatic hydroxyl groups is 1. The Balaban J connectivity index is 3.05. The molecule has 1 rings (SSSR count). The molecule has 0 atom stereocenters. The van der Waals surface area contributed by atoms with Crippen LogP contribution in [0.3, 0.4) is 0 Å². The summed E-state index contributed by atoms with van der Waals surface area (Å²) in [5.41, 5.74) is 0.354. The van der Waals surface area contributed by atoms with Gasteiger partial charge in [-0.05, 0) is 26.0 Å². The number of rotatable bonds is 4. The topological polar surface area (TPSA) is 95.0 Å². The maximum atomic E-state index is 11.5. The molecule has 0 aliphatic heterocycles. The van der Waals surface area contributed by atoms with Gasteiger partial charge in [-0.15, -0.1) is 10.2 Å². The maximum absolute atomic E-state index is 11.5. The molecule has 0 radical (unpaired) electrons. The number of carbonyl (C=O) groups is 1. The molecular weight excluding hydrogens is 246 g/mol. The molecule has 0 saturated heterocycles. The molecule has 98 valence electrons. The van der Waals surface area contributed by atoms with Crippen molar-refractivity contribution >= 4 is 11.7 Å². The van der Waals surface area contributed by atoms with Crippen molar-refractivity contribution in [1.29, 1.82) is 5.26 Å². The first-order valence-electron chi connectivity index (χ1n) is 5.58. The average molecular weight is 259 g/mol. The number of hydrogen-bond acceptors (Lipinski definition) is 6. The van der Waals surface area contributed by atoms with Crippen LogP contribution in [0, 0.1) is 11.3 Å². The van der Waals surface area contributed by atoms with Gasteiger partial charge in [-0.1, -0.05) is 12.1 Å². The molecule has 0 unspecified atom stereocenters. The summed E-state index contributed by atoms with van der Waals surface area (Å²) in [5, 5.41) is 25.7. The van der Waals surface area contributed by atoms with Crippen molar-refractivity contribution in [3.05, 3.63) is 41.3 Å². The lowest BCUT2D eigenvalue weighted by atomic mass is 10.2. The van der Waals surface area contributed by atoms with Crippen LogP contribution in [0.2, 0.25) is 0 Å². The molecule has 0 heterocycles. The van der Waals surface area contributed by atoms with Crippen molar-refractivity contribution in [1.82, 2.24) is 0 Å². The summed E-state index contributed by atoms with van der Waals surface area (Å²) in [6.07, 6.45) is 0.